The number of fused-ring (bicyclic) bond motifs is 2. The lowest BCUT2D eigenvalue weighted by Crippen LogP contribution is -2.42. The maximum atomic E-state index is 12.2. The van der Waals surface area contributed by atoms with Crippen molar-refractivity contribution < 1.29 is 9.53 Å². The molecule has 2 aromatic heterocycles. The number of hydrogen-bond acceptors (Lipinski definition) is 6. The van der Waals surface area contributed by atoms with Crippen LogP contribution in [0, 0.1) is 0 Å². The van der Waals surface area contributed by atoms with Gasteiger partial charge in [0.25, 0.3) is 0 Å². The van der Waals surface area contributed by atoms with Crippen molar-refractivity contribution in [2.75, 3.05) is 18.4 Å². The molecule has 2 aromatic carbocycles. The van der Waals surface area contributed by atoms with Crippen molar-refractivity contribution in [1.82, 2.24) is 24.6 Å². The van der Waals surface area contributed by atoms with E-state index in [1.54, 1.807) is 0 Å². The Morgan fingerprint density at radius 1 is 0.974 bits per heavy atom. The third kappa shape index (κ3) is 5.27. The number of nitrogens with zero attached hydrogens (tertiary/aromatic N) is 5. The molecule has 196 valence electrons. The van der Waals surface area contributed by atoms with Gasteiger partial charge in [0.1, 0.15) is 5.60 Å². The van der Waals surface area contributed by atoms with Crippen LogP contribution >= 0.6 is 0 Å². The van der Waals surface area contributed by atoms with E-state index < -0.39 is 11.7 Å². The van der Waals surface area contributed by atoms with Crippen LogP contribution < -0.4 is 5.32 Å². The number of anilines is 1. The maximum Gasteiger partial charge on any atom is 0.412 e. The van der Waals surface area contributed by atoms with E-state index in [9.17, 15) is 4.79 Å². The van der Waals surface area contributed by atoms with Crippen LogP contribution in [0.2, 0.25) is 0 Å². The lowest BCUT2D eigenvalue weighted by Gasteiger charge is -2.36. The summed E-state index contributed by atoms with van der Waals surface area (Å²) in [6.45, 7) is 7.71. The van der Waals surface area contributed by atoms with Gasteiger partial charge in [-0.3, -0.25) is 19.9 Å². The van der Waals surface area contributed by atoms with Gasteiger partial charge < -0.3 is 4.74 Å². The first-order valence-electron chi connectivity index (χ1n) is 13.4. The number of hydrogen-bond donors (Lipinski definition) is 1. The summed E-state index contributed by atoms with van der Waals surface area (Å²) in [5.74, 6) is 0. The molecule has 1 fully saturated rings. The van der Waals surface area contributed by atoms with E-state index in [2.05, 4.69) is 38.2 Å². The molecule has 0 saturated carbocycles. The van der Waals surface area contributed by atoms with Gasteiger partial charge in [-0.15, -0.1) is 0 Å². The number of amides is 1. The zero-order valence-electron chi connectivity index (χ0n) is 22.2. The minimum atomic E-state index is -0.514. The highest BCUT2D eigenvalue weighted by molar-refractivity contribution is 5.85. The third-order valence-corrected chi connectivity index (χ3v) is 7.50. The molecule has 6 rings (SSSR count). The number of piperidine rings is 1. The molecule has 0 radical (unpaired) electrons. The molecule has 0 spiro atoms. The number of para-hydroxylation sites is 2. The number of carbonyl (C=O) groups is 1. The Bertz CT molecular complexity index is 1470. The normalized spacial score (nSPS) is 18.4. The fourth-order valence-corrected chi connectivity index (χ4v) is 5.63. The first kappa shape index (κ1) is 24.6. The molecule has 0 bridgehead atoms. The molecule has 38 heavy (non-hydrogen) atoms. The summed E-state index contributed by atoms with van der Waals surface area (Å²) in [5, 5.41) is 7.57. The molecule has 1 unspecified atom stereocenters. The van der Waals surface area contributed by atoms with E-state index in [1.165, 1.54) is 11.1 Å². The Labute approximate surface area is 223 Å². The number of likely N-dealkylation sites (tertiary alicyclic amines) is 1. The van der Waals surface area contributed by atoms with Crippen LogP contribution in [-0.2, 0) is 17.6 Å². The molecule has 3 heterocycles. The van der Waals surface area contributed by atoms with Gasteiger partial charge in [-0.2, -0.15) is 5.10 Å². The van der Waals surface area contributed by atoms with Gasteiger partial charge in [-0.05, 0) is 81.8 Å². The molecule has 2 aliphatic rings. The lowest BCUT2D eigenvalue weighted by molar-refractivity contribution is 0.0636. The average molecular weight is 511 g/mol. The van der Waals surface area contributed by atoms with Crippen molar-refractivity contribution in [3.8, 4) is 11.3 Å². The fraction of sp³-hybridized carbons (Fsp3) is 0.400. The summed E-state index contributed by atoms with van der Waals surface area (Å²) in [6.07, 6.45) is 9.65. The monoisotopic (exact) mass is 510 g/mol. The van der Waals surface area contributed by atoms with E-state index in [-0.39, 0.29) is 0 Å². The molecule has 8 nitrogen and oxygen atoms in total. The standard InChI is InChI=1S/C30H34N6O2/c1-30(2,3)38-29(37)33-23-9-8-20-15-25(16-21(20)14-23)35-12-10-24(11-13-35)36-19-22(17-32-36)28-18-31-26-6-4-5-7-27(26)34-28/h4-9,14,17-19,24-25H,10-13,15-16H2,1-3H3,(H,33,37). The van der Waals surface area contributed by atoms with Gasteiger partial charge in [0.2, 0.25) is 0 Å². The van der Waals surface area contributed by atoms with E-state index in [4.69, 9.17) is 14.8 Å². The SMILES string of the molecule is CC(C)(C)OC(=O)Nc1ccc2c(c1)CC(N1CCC(n3cc(-c4cnc5ccccc5n4)cn3)CC1)C2. The summed E-state index contributed by atoms with van der Waals surface area (Å²) in [6, 6.07) is 15.1. The predicted molar refractivity (Wildman–Crippen MR) is 148 cm³/mol. The van der Waals surface area contributed by atoms with Crippen molar-refractivity contribution in [2.24, 2.45) is 0 Å². The molecule has 1 N–H and O–H groups in total. The minimum absolute atomic E-state index is 0.391. The highest BCUT2D eigenvalue weighted by Gasteiger charge is 2.31. The van der Waals surface area contributed by atoms with E-state index in [0.717, 1.165) is 66.8 Å². The lowest BCUT2D eigenvalue weighted by atomic mass is 10.0. The van der Waals surface area contributed by atoms with Crippen molar-refractivity contribution in [2.45, 2.75) is 64.1 Å². The molecule has 1 atom stereocenters. The van der Waals surface area contributed by atoms with E-state index >= 15 is 0 Å². The molecule has 1 aliphatic heterocycles. The van der Waals surface area contributed by atoms with Gasteiger partial charge in [0, 0.05) is 36.6 Å². The van der Waals surface area contributed by atoms with Gasteiger partial charge in [0.05, 0.1) is 35.2 Å². The van der Waals surface area contributed by atoms with Crippen LogP contribution in [0.25, 0.3) is 22.3 Å². The Morgan fingerprint density at radius 2 is 1.74 bits per heavy atom. The molecule has 8 heteroatoms. The van der Waals surface area contributed by atoms with Crippen molar-refractivity contribution >= 4 is 22.8 Å². The van der Waals surface area contributed by atoms with Crippen LogP contribution in [0.1, 0.15) is 50.8 Å². The van der Waals surface area contributed by atoms with Crippen LogP contribution in [0.5, 0.6) is 0 Å². The number of benzene rings is 2. The van der Waals surface area contributed by atoms with E-state index in [1.807, 2.05) is 63.5 Å². The molecular weight excluding hydrogens is 476 g/mol. The minimum Gasteiger partial charge on any atom is -0.444 e. The van der Waals surface area contributed by atoms with Gasteiger partial charge in [0.15, 0.2) is 0 Å². The number of ether oxygens (including phenoxy) is 1. The second-order valence-electron chi connectivity index (χ2n) is 11.4. The summed E-state index contributed by atoms with van der Waals surface area (Å²) < 4.78 is 7.51. The van der Waals surface area contributed by atoms with E-state index in [0.29, 0.717) is 12.1 Å². The zero-order valence-corrected chi connectivity index (χ0v) is 22.2. The zero-order chi connectivity index (χ0) is 26.3. The summed E-state index contributed by atoms with van der Waals surface area (Å²) in [5.41, 5.74) is 6.64. The van der Waals surface area contributed by atoms with Gasteiger partial charge in [-0.25, -0.2) is 9.78 Å². The Balaban J connectivity index is 1.05. The van der Waals surface area contributed by atoms with Crippen molar-refractivity contribution in [1.29, 1.82) is 0 Å². The summed E-state index contributed by atoms with van der Waals surface area (Å²) >= 11 is 0. The van der Waals surface area contributed by atoms with Crippen LogP contribution in [0.4, 0.5) is 10.5 Å². The van der Waals surface area contributed by atoms with Gasteiger partial charge >= 0.3 is 6.09 Å². The van der Waals surface area contributed by atoms with Crippen molar-refractivity contribution in [3.05, 3.63) is 72.2 Å². The molecule has 1 amide bonds. The highest BCUT2D eigenvalue weighted by atomic mass is 16.6. The third-order valence-electron chi connectivity index (χ3n) is 7.50. The maximum absolute atomic E-state index is 12.2. The highest BCUT2D eigenvalue weighted by Crippen LogP contribution is 2.32. The van der Waals surface area contributed by atoms with Gasteiger partial charge in [-0.1, -0.05) is 18.2 Å². The average Bonchev–Trinajstić information content (AvgIpc) is 3.55. The molecule has 1 saturated heterocycles. The Morgan fingerprint density at radius 3 is 2.53 bits per heavy atom. The molecular formula is C30H34N6O2. The van der Waals surface area contributed by atoms with Crippen LogP contribution in [0.15, 0.2) is 61.1 Å². The second kappa shape index (κ2) is 9.83. The number of aromatic nitrogens is 4. The summed E-state index contributed by atoms with van der Waals surface area (Å²) in [7, 11) is 0. The Hall–Kier alpha value is -3.78. The first-order valence-corrected chi connectivity index (χ1v) is 13.4. The molecule has 4 aromatic rings. The smallest absolute Gasteiger partial charge is 0.412 e. The molecule has 1 aliphatic carbocycles. The topological polar surface area (TPSA) is 85.2 Å². The predicted octanol–water partition coefficient (Wildman–Crippen LogP) is 5.64. The number of rotatable bonds is 4. The van der Waals surface area contributed by atoms with Crippen LogP contribution in [0.3, 0.4) is 0 Å². The quantitative estimate of drug-likeness (QED) is 0.382. The summed E-state index contributed by atoms with van der Waals surface area (Å²) in [4.78, 5) is 24.1. The van der Waals surface area contributed by atoms with Crippen LogP contribution in [-0.4, -0.2) is 55.5 Å². The van der Waals surface area contributed by atoms with Crippen molar-refractivity contribution in [3.63, 3.8) is 0 Å². The largest absolute Gasteiger partial charge is 0.444 e. The fourth-order valence-electron chi connectivity index (χ4n) is 5.63. The second-order valence-corrected chi connectivity index (χ2v) is 11.4. The number of carbonyl (C=O) groups excluding carboxylic acids is 1. The Kier molecular flexibility index (Phi) is 6.35. The number of nitrogens with one attached hydrogen (secondary N) is 1. The first-order chi connectivity index (χ1) is 18.3.